The zero-order valence-corrected chi connectivity index (χ0v) is 16.1. The van der Waals surface area contributed by atoms with Gasteiger partial charge in [0.25, 0.3) is 5.91 Å². The van der Waals surface area contributed by atoms with Crippen LogP contribution in [0.2, 0.25) is 0 Å². The van der Waals surface area contributed by atoms with E-state index in [4.69, 9.17) is 9.26 Å². The molecule has 1 aromatic heterocycles. The molecular formula is C22H24N2O3. The van der Waals surface area contributed by atoms with E-state index in [1.165, 1.54) is 5.56 Å². The Bertz CT molecular complexity index is 909. The highest BCUT2D eigenvalue weighted by Gasteiger charge is 2.13. The molecular weight excluding hydrogens is 340 g/mol. The number of ether oxygens (including phenoxy) is 1. The number of amides is 1. The van der Waals surface area contributed by atoms with Crippen molar-refractivity contribution in [1.29, 1.82) is 0 Å². The van der Waals surface area contributed by atoms with Crippen LogP contribution in [-0.2, 0) is 6.61 Å². The second kappa shape index (κ2) is 8.08. The monoisotopic (exact) mass is 364 g/mol. The number of aromatic nitrogens is 1. The van der Waals surface area contributed by atoms with Gasteiger partial charge in [0.05, 0.1) is 17.3 Å². The highest BCUT2D eigenvalue weighted by Crippen LogP contribution is 2.19. The van der Waals surface area contributed by atoms with E-state index in [0.717, 1.165) is 22.6 Å². The second-order valence-electron chi connectivity index (χ2n) is 6.73. The first kappa shape index (κ1) is 18.7. The number of rotatable bonds is 6. The molecule has 2 aromatic carbocycles. The number of nitrogens with zero attached hydrogens (tertiary/aromatic N) is 1. The third-order valence-electron chi connectivity index (χ3n) is 4.59. The largest absolute Gasteiger partial charge is 0.489 e. The molecule has 0 bridgehead atoms. The number of nitrogens with one attached hydrogen (secondary N) is 1. The molecule has 27 heavy (non-hydrogen) atoms. The summed E-state index contributed by atoms with van der Waals surface area (Å²) >= 11 is 0. The summed E-state index contributed by atoms with van der Waals surface area (Å²) in [6.07, 6.45) is 0. The van der Waals surface area contributed by atoms with Gasteiger partial charge >= 0.3 is 0 Å². The zero-order valence-electron chi connectivity index (χ0n) is 16.1. The van der Waals surface area contributed by atoms with Gasteiger partial charge in [-0.25, -0.2) is 0 Å². The van der Waals surface area contributed by atoms with Crippen molar-refractivity contribution in [1.82, 2.24) is 10.5 Å². The first-order valence-corrected chi connectivity index (χ1v) is 8.96. The quantitative estimate of drug-likeness (QED) is 0.690. The van der Waals surface area contributed by atoms with Crippen LogP contribution in [-0.4, -0.2) is 11.1 Å². The Hall–Kier alpha value is -3.08. The Kier molecular flexibility index (Phi) is 5.60. The lowest BCUT2D eigenvalue weighted by molar-refractivity contribution is 0.0939. The number of aryl methyl sites for hydroxylation is 3. The van der Waals surface area contributed by atoms with Gasteiger partial charge < -0.3 is 14.6 Å². The number of hydrogen-bond acceptors (Lipinski definition) is 4. The van der Waals surface area contributed by atoms with Crippen molar-refractivity contribution in [2.45, 2.75) is 40.3 Å². The molecule has 0 spiro atoms. The fourth-order valence-corrected chi connectivity index (χ4v) is 2.81. The van der Waals surface area contributed by atoms with E-state index in [2.05, 4.69) is 10.5 Å². The molecule has 3 aromatic rings. The highest BCUT2D eigenvalue weighted by molar-refractivity contribution is 5.94. The van der Waals surface area contributed by atoms with Crippen LogP contribution in [0.15, 0.2) is 53.1 Å². The molecule has 140 valence electrons. The van der Waals surface area contributed by atoms with Crippen LogP contribution in [0.25, 0.3) is 0 Å². The number of carbonyl (C=O) groups is 1. The van der Waals surface area contributed by atoms with Crippen molar-refractivity contribution in [3.05, 3.63) is 82.2 Å². The molecule has 5 nitrogen and oxygen atoms in total. The van der Waals surface area contributed by atoms with E-state index in [0.29, 0.717) is 17.9 Å². The van der Waals surface area contributed by atoms with Crippen LogP contribution >= 0.6 is 0 Å². The average Bonchev–Trinajstić information content (AvgIpc) is 2.98. The lowest BCUT2D eigenvalue weighted by Gasteiger charge is -2.15. The average molecular weight is 364 g/mol. The summed E-state index contributed by atoms with van der Waals surface area (Å²) in [4.78, 5) is 12.6. The van der Waals surface area contributed by atoms with Gasteiger partial charge in [-0.1, -0.05) is 41.1 Å². The molecule has 3 rings (SSSR count). The van der Waals surface area contributed by atoms with E-state index in [1.807, 2.05) is 64.1 Å². The van der Waals surface area contributed by atoms with Crippen molar-refractivity contribution in [3.63, 3.8) is 0 Å². The van der Waals surface area contributed by atoms with Crippen LogP contribution in [0.4, 0.5) is 0 Å². The fraction of sp³-hybridized carbons (Fsp3) is 0.273. The van der Waals surface area contributed by atoms with Crippen molar-refractivity contribution < 1.29 is 14.1 Å². The summed E-state index contributed by atoms with van der Waals surface area (Å²) in [5.74, 6) is 1.24. The molecule has 1 atom stereocenters. The van der Waals surface area contributed by atoms with Gasteiger partial charge in [-0.2, -0.15) is 0 Å². The molecule has 0 saturated carbocycles. The standard InChI is InChI=1S/C22H24N2O3/c1-14-8-10-18(11-9-14)15(2)23-22(25)19-6-5-7-20(12-19)26-13-21-16(3)24-27-17(21)4/h5-12,15H,13H2,1-4H3,(H,23,25). The Balaban J connectivity index is 1.65. The Morgan fingerprint density at radius 2 is 1.89 bits per heavy atom. The lowest BCUT2D eigenvalue weighted by atomic mass is 10.1. The van der Waals surface area contributed by atoms with Crippen molar-refractivity contribution in [3.8, 4) is 5.75 Å². The summed E-state index contributed by atoms with van der Waals surface area (Å²) in [6.45, 7) is 8.11. The van der Waals surface area contributed by atoms with Crippen LogP contribution in [0.3, 0.4) is 0 Å². The lowest BCUT2D eigenvalue weighted by Crippen LogP contribution is -2.26. The van der Waals surface area contributed by atoms with Gasteiger partial charge in [0, 0.05) is 5.56 Å². The van der Waals surface area contributed by atoms with E-state index >= 15 is 0 Å². The van der Waals surface area contributed by atoms with Crippen molar-refractivity contribution >= 4 is 5.91 Å². The maximum Gasteiger partial charge on any atom is 0.251 e. The molecule has 1 N–H and O–H groups in total. The minimum Gasteiger partial charge on any atom is -0.489 e. The predicted octanol–water partition coefficient (Wildman–Crippen LogP) is 4.67. The molecule has 1 unspecified atom stereocenters. The van der Waals surface area contributed by atoms with Crippen molar-refractivity contribution in [2.24, 2.45) is 0 Å². The van der Waals surface area contributed by atoms with Crippen LogP contribution in [0.1, 0.15) is 51.5 Å². The molecule has 0 aliphatic heterocycles. The topological polar surface area (TPSA) is 64.4 Å². The number of hydrogen-bond donors (Lipinski definition) is 1. The number of carbonyl (C=O) groups excluding carboxylic acids is 1. The fourth-order valence-electron chi connectivity index (χ4n) is 2.81. The highest BCUT2D eigenvalue weighted by atomic mass is 16.5. The molecule has 0 aliphatic carbocycles. The molecule has 0 saturated heterocycles. The van der Waals surface area contributed by atoms with Gasteiger partial charge in [0.2, 0.25) is 0 Å². The summed E-state index contributed by atoms with van der Waals surface area (Å²) in [6, 6.07) is 15.2. The van der Waals surface area contributed by atoms with Gasteiger partial charge in [0.1, 0.15) is 18.1 Å². The molecule has 0 fully saturated rings. The summed E-state index contributed by atoms with van der Waals surface area (Å²) in [5.41, 5.74) is 4.57. The predicted molar refractivity (Wildman–Crippen MR) is 104 cm³/mol. The van der Waals surface area contributed by atoms with E-state index < -0.39 is 0 Å². The van der Waals surface area contributed by atoms with Crippen molar-refractivity contribution in [2.75, 3.05) is 0 Å². The molecule has 0 radical (unpaired) electrons. The second-order valence-corrected chi connectivity index (χ2v) is 6.73. The van der Waals surface area contributed by atoms with E-state index in [1.54, 1.807) is 12.1 Å². The van der Waals surface area contributed by atoms with Gasteiger partial charge in [0.15, 0.2) is 0 Å². The molecule has 0 aliphatic rings. The molecule has 1 heterocycles. The maximum absolute atomic E-state index is 12.6. The first-order valence-electron chi connectivity index (χ1n) is 8.96. The molecule has 1 amide bonds. The Labute approximate surface area is 159 Å². The Morgan fingerprint density at radius 3 is 2.56 bits per heavy atom. The summed E-state index contributed by atoms with van der Waals surface area (Å²) in [7, 11) is 0. The van der Waals surface area contributed by atoms with Crippen LogP contribution in [0, 0.1) is 20.8 Å². The summed E-state index contributed by atoms with van der Waals surface area (Å²) in [5, 5.41) is 6.95. The Morgan fingerprint density at radius 1 is 1.15 bits per heavy atom. The van der Waals surface area contributed by atoms with Crippen LogP contribution in [0.5, 0.6) is 5.75 Å². The normalized spacial score (nSPS) is 11.9. The van der Waals surface area contributed by atoms with Gasteiger partial charge in [-0.3, -0.25) is 4.79 Å². The SMILES string of the molecule is Cc1ccc(C(C)NC(=O)c2cccc(OCc3c(C)noc3C)c2)cc1. The van der Waals surface area contributed by atoms with Gasteiger partial charge in [-0.15, -0.1) is 0 Å². The summed E-state index contributed by atoms with van der Waals surface area (Å²) < 4.78 is 11.0. The first-order chi connectivity index (χ1) is 12.9. The maximum atomic E-state index is 12.6. The minimum absolute atomic E-state index is 0.0787. The third kappa shape index (κ3) is 4.56. The van der Waals surface area contributed by atoms with E-state index in [-0.39, 0.29) is 11.9 Å². The van der Waals surface area contributed by atoms with Crippen LogP contribution < -0.4 is 10.1 Å². The van der Waals surface area contributed by atoms with Gasteiger partial charge in [-0.05, 0) is 51.5 Å². The number of benzene rings is 2. The minimum atomic E-state index is -0.133. The van der Waals surface area contributed by atoms with E-state index in [9.17, 15) is 4.79 Å². The third-order valence-corrected chi connectivity index (χ3v) is 4.59. The zero-order chi connectivity index (χ0) is 19.4. The smallest absolute Gasteiger partial charge is 0.251 e. The molecule has 5 heteroatoms.